The van der Waals surface area contributed by atoms with Gasteiger partial charge in [-0.2, -0.15) is 13.2 Å². The molecule has 1 N–H and O–H groups in total. The molecule has 1 aromatic heterocycles. The Labute approximate surface area is 162 Å². The predicted octanol–water partition coefficient (Wildman–Crippen LogP) is 4.56. The van der Waals surface area contributed by atoms with E-state index in [0.29, 0.717) is 5.82 Å². The highest BCUT2D eigenvalue weighted by atomic mass is 19.4. The number of allylic oxidation sites excluding steroid dienone is 1. The summed E-state index contributed by atoms with van der Waals surface area (Å²) in [5.74, 6) is 0.695. The molecule has 1 aliphatic heterocycles. The van der Waals surface area contributed by atoms with Crippen LogP contribution < -0.4 is 5.32 Å². The molecule has 8 heteroatoms. The Morgan fingerprint density at radius 1 is 1.43 bits per heavy atom. The van der Waals surface area contributed by atoms with Gasteiger partial charge in [0, 0.05) is 24.4 Å². The van der Waals surface area contributed by atoms with Crippen molar-refractivity contribution >= 4 is 11.7 Å². The van der Waals surface area contributed by atoms with Crippen LogP contribution in [0, 0.1) is 5.92 Å². The number of anilines is 1. The van der Waals surface area contributed by atoms with E-state index in [1.165, 1.54) is 0 Å². The molecule has 0 spiro atoms. The molecular weight excluding hydrogens is 371 g/mol. The molecule has 2 unspecified atom stereocenters. The standard InChI is InChI=1S/C20H24F3N3O2/c1-13-6-7-17(28-12-20(21,22)23)11-26(13)14(2)16-8-9-24-18(10-16)25-19(27)15-4-3-5-15/h6-11,13-15H,3-5,12H2,1-2H3,(H,24,25,27). The molecule has 0 radical (unpaired) electrons. The molecule has 2 atom stereocenters. The zero-order chi connectivity index (χ0) is 20.3. The first-order chi connectivity index (χ1) is 13.2. The SMILES string of the molecule is CC1C=CC(OCC(F)(F)F)=CN1C(C)c1ccnc(NC(=O)C2CCC2)c1. The molecule has 2 heterocycles. The van der Waals surface area contributed by atoms with E-state index in [1.54, 1.807) is 30.6 Å². The van der Waals surface area contributed by atoms with Gasteiger partial charge < -0.3 is 15.0 Å². The van der Waals surface area contributed by atoms with Crippen molar-refractivity contribution < 1.29 is 22.7 Å². The van der Waals surface area contributed by atoms with Crippen LogP contribution >= 0.6 is 0 Å². The van der Waals surface area contributed by atoms with Gasteiger partial charge >= 0.3 is 6.18 Å². The number of carbonyl (C=O) groups excluding carboxylic acids is 1. The van der Waals surface area contributed by atoms with E-state index in [2.05, 4.69) is 10.3 Å². The van der Waals surface area contributed by atoms with Gasteiger partial charge in [0.1, 0.15) is 11.6 Å². The van der Waals surface area contributed by atoms with Gasteiger partial charge in [0.05, 0.1) is 6.04 Å². The van der Waals surface area contributed by atoms with Crippen LogP contribution in [-0.4, -0.2) is 34.6 Å². The lowest BCUT2D eigenvalue weighted by atomic mass is 9.85. The quantitative estimate of drug-likeness (QED) is 0.767. The highest BCUT2D eigenvalue weighted by molar-refractivity contribution is 5.92. The summed E-state index contributed by atoms with van der Waals surface area (Å²) >= 11 is 0. The average molecular weight is 395 g/mol. The smallest absolute Gasteiger partial charge is 0.422 e. The highest BCUT2D eigenvalue weighted by Crippen LogP contribution is 2.30. The number of amides is 1. The largest absolute Gasteiger partial charge is 0.483 e. The molecule has 0 saturated heterocycles. The second-order valence-corrected chi connectivity index (χ2v) is 7.25. The molecule has 0 bridgehead atoms. The van der Waals surface area contributed by atoms with Gasteiger partial charge in [0.2, 0.25) is 5.91 Å². The van der Waals surface area contributed by atoms with E-state index in [9.17, 15) is 18.0 Å². The number of ether oxygens (including phenoxy) is 1. The molecule has 1 fully saturated rings. The maximum Gasteiger partial charge on any atom is 0.422 e. The number of hydrogen-bond acceptors (Lipinski definition) is 4. The van der Waals surface area contributed by atoms with Crippen molar-refractivity contribution in [2.24, 2.45) is 5.92 Å². The number of aromatic nitrogens is 1. The molecule has 1 amide bonds. The lowest BCUT2D eigenvalue weighted by Crippen LogP contribution is -2.32. The number of pyridine rings is 1. The fraction of sp³-hybridized carbons (Fsp3) is 0.500. The summed E-state index contributed by atoms with van der Waals surface area (Å²) in [4.78, 5) is 18.3. The maximum atomic E-state index is 12.4. The Bertz CT molecular complexity index is 772. The number of hydrogen-bond donors (Lipinski definition) is 1. The maximum absolute atomic E-state index is 12.4. The van der Waals surface area contributed by atoms with Crippen LogP contribution in [0.1, 0.15) is 44.7 Å². The van der Waals surface area contributed by atoms with E-state index in [0.717, 1.165) is 24.8 Å². The van der Waals surface area contributed by atoms with E-state index in [-0.39, 0.29) is 29.7 Å². The van der Waals surface area contributed by atoms with Crippen molar-refractivity contribution in [3.05, 3.63) is 48.0 Å². The third kappa shape index (κ3) is 5.05. The summed E-state index contributed by atoms with van der Waals surface area (Å²) in [5.41, 5.74) is 0.896. The Morgan fingerprint density at radius 2 is 2.18 bits per heavy atom. The van der Waals surface area contributed by atoms with Crippen molar-refractivity contribution in [1.82, 2.24) is 9.88 Å². The Kier molecular flexibility index (Phi) is 5.96. The molecule has 5 nitrogen and oxygen atoms in total. The number of nitrogens with zero attached hydrogens (tertiary/aromatic N) is 2. The summed E-state index contributed by atoms with van der Waals surface area (Å²) in [5, 5.41) is 2.85. The van der Waals surface area contributed by atoms with Gasteiger partial charge in [0.25, 0.3) is 0 Å². The van der Waals surface area contributed by atoms with Gasteiger partial charge in [-0.15, -0.1) is 0 Å². The number of rotatable bonds is 6. The second kappa shape index (κ2) is 8.24. The summed E-state index contributed by atoms with van der Waals surface area (Å²) < 4.78 is 42.1. The minimum Gasteiger partial charge on any atom is -0.483 e. The lowest BCUT2D eigenvalue weighted by Gasteiger charge is -2.35. The predicted molar refractivity (Wildman–Crippen MR) is 99.2 cm³/mol. The zero-order valence-corrected chi connectivity index (χ0v) is 15.9. The van der Waals surface area contributed by atoms with E-state index >= 15 is 0 Å². The fourth-order valence-electron chi connectivity index (χ4n) is 3.20. The zero-order valence-electron chi connectivity index (χ0n) is 15.9. The first-order valence-corrected chi connectivity index (χ1v) is 9.37. The molecule has 0 aromatic carbocycles. The molecule has 3 rings (SSSR count). The molecule has 1 aromatic rings. The van der Waals surface area contributed by atoms with Crippen molar-refractivity contribution in [2.75, 3.05) is 11.9 Å². The molecular formula is C20H24F3N3O2. The van der Waals surface area contributed by atoms with Crippen LogP contribution in [0.15, 0.2) is 42.4 Å². The van der Waals surface area contributed by atoms with Crippen molar-refractivity contribution in [3.8, 4) is 0 Å². The first-order valence-electron chi connectivity index (χ1n) is 9.37. The average Bonchev–Trinajstić information content (AvgIpc) is 2.58. The van der Waals surface area contributed by atoms with Crippen LogP contribution in [-0.2, 0) is 9.53 Å². The summed E-state index contributed by atoms with van der Waals surface area (Å²) in [6, 6.07) is 3.47. The summed E-state index contributed by atoms with van der Waals surface area (Å²) in [6.45, 7) is 2.57. The van der Waals surface area contributed by atoms with Gasteiger partial charge in [-0.1, -0.05) is 12.5 Å². The van der Waals surface area contributed by atoms with Crippen molar-refractivity contribution in [3.63, 3.8) is 0 Å². The topological polar surface area (TPSA) is 54.5 Å². The first kappa shape index (κ1) is 20.2. The Hall–Kier alpha value is -2.51. The number of nitrogens with one attached hydrogen (secondary N) is 1. The molecule has 28 heavy (non-hydrogen) atoms. The third-order valence-electron chi connectivity index (χ3n) is 5.13. The molecule has 1 aliphatic carbocycles. The monoisotopic (exact) mass is 395 g/mol. The van der Waals surface area contributed by atoms with Crippen LogP contribution in [0.4, 0.5) is 19.0 Å². The second-order valence-electron chi connectivity index (χ2n) is 7.25. The highest BCUT2D eigenvalue weighted by Gasteiger charge is 2.30. The van der Waals surface area contributed by atoms with Crippen molar-refractivity contribution in [1.29, 1.82) is 0 Å². The fourth-order valence-corrected chi connectivity index (χ4v) is 3.20. The minimum atomic E-state index is -4.38. The van der Waals surface area contributed by atoms with Gasteiger partial charge in [-0.25, -0.2) is 4.98 Å². The molecule has 2 aliphatic rings. The summed E-state index contributed by atoms with van der Waals surface area (Å²) in [6.07, 6.45) is 5.07. The van der Waals surface area contributed by atoms with Crippen LogP contribution in [0.5, 0.6) is 0 Å². The third-order valence-corrected chi connectivity index (χ3v) is 5.13. The van der Waals surface area contributed by atoms with E-state index in [1.807, 2.05) is 24.8 Å². The van der Waals surface area contributed by atoms with Crippen LogP contribution in [0.3, 0.4) is 0 Å². The lowest BCUT2D eigenvalue weighted by molar-refractivity contribution is -0.164. The van der Waals surface area contributed by atoms with Crippen LogP contribution in [0.25, 0.3) is 0 Å². The molecule has 1 saturated carbocycles. The Morgan fingerprint density at radius 3 is 2.82 bits per heavy atom. The van der Waals surface area contributed by atoms with Gasteiger partial charge in [-0.3, -0.25) is 4.79 Å². The summed E-state index contributed by atoms with van der Waals surface area (Å²) in [7, 11) is 0. The normalized spacial score (nSPS) is 21.0. The number of halogens is 3. The minimum absolute atomic E-state index is 0.0134. The molecule has 152 valence electrons. The Balaban J connectivity index is 1.70. The van der Waals surface area contributed by atoms with Crippen LogP contribution in [0.2, 0.25) is 0 Å². The van der Waals surface area contributed by atoms with E-state index in [4.69, 9.17) is 4.74 Å². The number of carbonyl (C=O) groups is 1. The van der Waals surface area contributed by atoms with Gasteiger partial charge in [0.15, 0.2) is 6.61 Å². The number of alkyl halides is 3. The van der Waals surface area contributed by atoms with E-state index < -0.39 is 12.8 Å². The van der Waals surface area contributed by atoms with Gasteiger partial charge in [-0.05, 0) is 50.5 Å². The van der Waals surface area contributed by atoms with Crippen molar-refractivity contribution in [2.45, 2.75) is 51.4 Å².